The molecule has 7 heteroatoms. The summed E-state index contributed by atoms with van der Waals surface area (Å²) in [4.78, 5) is 10.9. The highest BCUT2D eigenvalue weighted by molar-refractivity contribution is 7.89. The molecule has 116 valence electrons. The molecule has 0 saturated heterocycles. The second-order valence-corrected chi connectivity index (χ2v) is 7.08. The molecule has 2 N–H and O–H groups in total. The molecule has 1 fully saturated rings. The van der Waals surface area contributed by atoms with Crippen LogP contribution in [0, 0.1) is 5.41 Å². The lowest BCUT2D eigenvalue weighted by atomic mass is 10.1. The highest BCUT2D eigenvalue weighted by Gasteiger charge is 2.41. The van der Waals surface area contributed by atoms with Crippen molar-refractivity contribution in [2.24, 2.45) is 5.41 Å². The third-order valence-electron chi connectivity index (χ3n) is 4.04. The monoisotopic (exact) mass is 313 g/mol. The van der Waals surface area contributed by atoms with Crippen molar-refractivity contribution in [1.29, 1.82) is 0 Å². The van der Waals surface area contributed by atoms with Crippen LogP contribution < -0.4 is 9.46 Å². The molecule has 0 bridgehead atoms. The van der Waals surface area contributed by atoms with Crippen LogP contribution in [0.2, 0.25) is 0 Å². The van der Waals surface area contributed by atoms with Gasteiger partial charge < -0.3 is 9.84 Å². The van der Waals surface area contributed by atoms with Crippen molar-refractivity contribution in [3.63, 3.8) is 0 Å². The largest absolute Gasteiger partial charge is 0.495 e. The number of carboxylic acids is 1. The van der Waals surface area contributed by atoms with E-state index in [1.807, 2.05) is 6.92 Å². The molecule has 0 heterocycles. The summed E-state index contributed by atoms with van der Waals surface area (Å²) in [5.74, 6) is -1.10. The molecular formula is C14H19NO5S. The number of hydrogen-bond acceptors (Lipinski definition) is 4. The Labute approximate surface area is 124 Å². The molecule has 1 aliphatic rings. The lowest BCUT2D eigenvalue weighted by Crippen LogP contribution is -2.30. The number of aromatic carboxylic acids is 1. The molecule has 1 aromatic rings. The van der Waals surface area contributed by atoms with Crippen LogP contribution in [0.3, 0.4) is 0 Å². The van der Waals surface area contributed by atoms with Crippen LogP contribution in [0.1, 0.15) is 36.5 Å². The van der Waals surface area contributed by atoms with E-state index in [0.717, 1.165) is 19.3 Å². The average Bonchev–Trinajstić information content (AvgIpc) is 3.25. The maximum Gasteiger partial charge on any atom is 0.335 e. The summed E-state index contributed by atoms with van der Waals surface area (Å²) in [5.41, 5.74) is 0.0689. The Bertz CT molecular complexity index is 649. The highest BCUT2D eigenvalue weighted by Crippen LogP contribution is 2.48. The minimum atomic E-state index is -3.72. The van der Waals surface area contributed by atoms with Crippen molar-refractivity contribution in [1.82, 2.24) is 4.72 Å². The first-order chi connectivity index (χ1) is 9.83. The molecule has 0 aliphatic heterocycles. The Morgan fingerprint density at radius 2 is 2.10 bits per heavy atom. The molecule has 0 unspecified atom stereocenters. The van der Waals surface area contributed by atoms with E-state index >= 15 is 0 Å². The van der Waals surface area contributed by atoms with E-state index in [9.17, 15) is 13.2 Å². The zero-order valence-electron chi connectivity index (χ0n) is 12.0. The fraction of sp³-hybridized carbons (Fsp3) is 0.500. The number of carboxylic acid groups (broad SMARTS) is 1. The van der Waals surface area contributed by atoms with Crippen molar-refractivity contribution in [2.75, 3.05) is 13.7 Å². The summed E-state index contributed by atoms with van der Waals surface area (Å²) in [7, 11) is -2.40. The fourth-order valence-corrected chi connectivity index (χ4v) is 3.49. The summed E-state index contributed by atoms with van der Waals surface area (Å²) in [6, 6.07) is 3.73. The van der Waals surface area contributed by atoms with E-state index in [0.29, 0.717) is 6.54 Å². The Morgan fingerprint density at radius 1 is 1.43 bits per heavy atom. The topological polar surface area (TPSA) is 92.7 Å². The van der Waals surface area contributed by atoms with Gasteiger partial charge in [-0.05, 0) is 42.9 Å². The van der Waals surface area contributed by atoms with Crippen molar-refractivity contribution < 1.29 is 23.1 Å². The summed E-state index contributed by atoms with van der Waals surface area (Å²) in [5, 5.41) is 8.93. The second-order valence-electron chi connectivity index (χ2n) is 5.35. The number of carbonyl (C=O) groups is 1. The van der Waals surface area contributed by atoms with E-state index in [1.54, 1.807) is 0 Å². The van der Waals surface area contributed by atoms with E-state index in [4.69, 9.17) is 9.84 Å². The molecule has 6 nitrogen and oxygen atoms in total. The zero-order chi connectivity index (χ0) is 15.7. The highest BCUT2D eigenvalue weighted by atomic mass is 32.2. The van der Waals surface area contributed by atoms with E-state index in [-0.39, 0.29) is 21.6 Å². The summed E-state index contributed by atoms with van der Waals surface area (Å²) in [6.45, 7) is 2.44. The molecule has 0 spiro atoms. The van der Waals surface area contributed by atoms with Gasteiger partial charge in [0.25, 0.3) is 0 Å². The summed E-state index contributed by atoms with van der Waals surface area (Å²) < 4.78 is 32.3. The van der Waals surface area contributed by atoms with Crippen LogP contribution in [-0.2, 0) is 10.0 Å². The van der Waals surface area contributed by atoms with Crippen molar-refractivity contribution >= 4 is 16.0 Å². The lowest BCUT2D eigenvalue weighted by Gasteiger charge is -2.15. The molecule has 1 aromatic carbocycles. The van der Waals surface area contributed by atoms with Gasteiger partial charge in [-0.15, -0.1) is 0 Å². The van der Waals surface area contributed by atoms with Gasteiger partial charge in [0.15, 0.2) is 0 Å². The number of ether oxygens (including phenoxy) is 1. The third kappa shape index (κ3) is 3.36. The van der Waals surface area contributed by atoms with Gasteiger partial charge in [0.1, 0.15) is 10.6 Å². The standard InChI is InChI=1S/C14H19NO5S/c1-3-14(6-7-14)9-15-21(18,19)12-5-4-10(13(16)17)8-11(12)20-2/h4-5,8,15H,3,6-7,9H2,1-2H3,(H,16,17). The number of methoxy groups -OCH3 is 1. The Morgan fingerprint density at radius 3 is 2.57 bits per heavy atom. The van der Waals surface area contributed by atoms with Gasteiger partial charge in [0, 0.05) is 6.54 Å². The normalized spacial score (nSPS) is 16.5. The van der Waals surface area contributed by atoms with Crippen LogP contribution >= 0.6 is 0 Å². The fourth-order valence-electron chi connectivity index (χ4n) is 2.18. The lowest BCUT2D eigenvalue weighted by molar-refractivity contribution is 0.0696. The van der Waals surface area contributed by atoms with Crippen LogP contribution in [0.4, 0.5) is 0 Å². The number of sulfonamides is 1. The number of benzene rings is 1. The zero-order valence-corrected chi connectivity index (χ0v) is 12.9. The molecule has 0 atom stereocenters. The predicted molar refractivity (Wildman–Crippen MR) is 77.1 cm³/mol. The summed E-state index contributed by atoms with van der Waals surface area (Å²) in [6.07, 6.45) is 2.99. The first-order valence-corrected chi connectivity index (χ1v) is 8.23. The first-order valence-electron chi connectivity index (χ1n) is 6.74. The number of nitrogens with one attached hydrogen (secondary N) is 1. The quantitative estimate of drug-likeness (QED) is 0.801. The third-order valence-corrected chi connectivity index (χ3v) is 5.49. The van der Waals surface area contributed by atoms with Gasteiger partial charge in [-0.25, -0.2) is 17.9 Å². The molecule has 1 aliphatic carbocycles. The average molecular weight is 313 g/mol. The van der Waals surface area contributed by atoms with Gasteiger partial charge in [-0.2, -0.15) is 0 Å². The van der Waals surface area contributed by atoms with Crippen LogP contribution in [0.5, 0.6) is 5.75 Å². The first kappa shape index (κ1) is 15.8. The number of rotatable bonds is 7. The molecule has 1 saturated carbocycles. The SMILES string of the molecule is CCC1(CNS(=O)(=O)c2ccc(C(=O)O)cc2OC)CC1. The van der Waals surface area contributed by atoms with Gasteiger partial charge in [-0.1, -0.05) is 6.92 Å². The smallest absolute Gasteiger partial charge is 0.335 e. The Kier molecular flexibility index (Phi) is 4.25. The second kappa shape index (κ2) is 5.65. The van der Waals surface area contributed by atoms with Gasteiger partial charge >= 0.3 is 5.97 Å². The van der Waals surface area contributed by atoms with E-state index in [1.165, 1.54) is 25.3 Å². The minimum absolute atomic E-state index is 0.0157. The molecule has 21 heavy (non-hydrogen) atoms. The van der Waals surface area contributed by atoms with E-state index < -0.39 is 16.0 Å². The Balaban J connectivity index is 2.25. The molecule has 0 radical (unpaired) electrons. The van der Waals surface area contributed by atoms with Crippen LogP contribution in [0.15, 0.2) is 23.1 Å². The molecule has 0 amide bonds. The molecule has 2 rings (SSSR count). The molecular weight excluding hydrogens is 294 g/mol. The predicted octanol–water partition coefficient (Wildman–Crippen LogP) is 1.86. The van der Waals surface area contributed by atoms with Crippen molar-refractivity contribution in [3.8, 4) is 5.75 Å². The van der Waals surface area contributed by atoms with Gasteiger partial charge in [0.2, 0.25) is 10.0 Å². The van der Waals surface area contributed by atoms with Gasteiger partial charge in [0.05, 0.1) is 12.7 Å². The maximum atomic E-state index is 12.3. The maximum absolute atomic E-state index is 12.3. The van der Waals surface area contributed by atoms with Crippen LogP contribution in [0.25, 0.3) is 0 Å². The minimum Gasteiger partial charge on any atom is -0.495 e. The van der Waals surface area contributed by atoms with Crippen molar-refractivity contribution in [3.05, 3.63) is 23.8 Å². The number of hydrogen-bond donors (Lipinski definition) is 2. The van der Waals surface area contributed by atoms with Crippen LogP contribution in [-0.4, -0.2) is 33.1 Å². The van der Waals surface area contributed by atoms with Crippen molar-refractivity contribution in [2.45, 2.75) is 31.1 Å². The van der Waals surface area contributed by atoms with Gasteiger partial charge in [-0.3, -0.25) is 0 Å². The molecule has 0 aromatic heterocycles. The summed E-state index contributed by atoms with van der Waals surface area (Å²) >= 11 is 0. The van der Waals surface area contributed by atoms with E-state index in [2.05, 4.69) is 4.72 Å². The Hall–Kier alpha value is -1.60.